The van der Waals surface area contributed by atoms with Gasteiger partial charge in [0.15, 0.2) is 0 Å². The van der Waals surface area contributed by atoms with Gasteiger partial charge in [-0.2, -0.15) is 0 Å². The van der Waals surface area contributed by atoms with Crippen LogP contribution in [-0.2, 0) is 13.1 Å². The Morgan fingerprint density at radius 2 is 2.13 bits per heavy atom. The fourth-order valence-corrected chi connectivity index (χ4v) is 0.953. The average Bonchev–Trinajstić information content (AvgIpc) is 2.53. The maximum Gasteiger partial charge on any atom is 0.249 e. The molecule has 0 radical (unpaired) electrons. The summed E-state index contributed by atoms with van der Waals surface area (Å²) in [4.78, 5) is 8.44. The molecule has 1 aromatic heterocycles. The third-order valence-electron chi connectivity index (χ3n) is 1.43. The monoisotopic (exact) mass is 210 g/mol. The number of allylic oxidation sites excluding steroid dienone is 2. The van der Waals surface area contributed by atoms with E-state index in [1.54, 1.807) is 0 Å². The minimum atomic E-state index is -2.08. The highest BCUT2D eigenvalue weighted by Crippen LogP contribution is 1.84. The van der Waals surface area contributed by atoms with Crippen LogP contribution in [0.1, 0.15) is 0 Å². The van der Waals surface area contributed by atoms with E-state index in [9.17, 15) is 0 Å². The van der Waals surface area contributed by atoms with Crippen LogP contribution in [-0.4, -0.2) is 15.8 Å². The van der Waals surface area contributed by atoms with Crippen molar-refractivity contribution in [3.63, 3.8) is 0 Å². The quantitative estimate of drug-likeness (QED) is 0.563. The molecule has 82 valence electrons. The van der Waals surface area contributed by atoms with Gasteiger partial charge in [-0.05, 0) is 0 Å². The van der Waals surface area contributed by atoms with Crippen molar-refractivity contribution in [1.82, 2.24) is 4.57 Å². The van der Waals surface area contributed by atoms with Crippen molar-refractivity contribution >= 4 is 6.16 Å². The lowest BCUT2D eigenvalue weighted by Gasteiger charge is -1.86. The summed E-state index contributed by atoms with van der Waals surface area (Å²) < 4.78 is 4.13. The lowest BCUT2D eigenvalue weighted by Crippen LogP contribution is -2.29. The molecule has 0 unspecified atom stereocenters. The van der Waals surface area contributed by atoms with Crippen molar-refractivity contribution in [3.05, 3.63) is 44.0 Å². The van der Waals surface area contributed by atoms with Gasteiger partial charge in [0, 0.05) is 0 Å². The predicted molar refractivity (Wildman–Crippen MR) is 53.0 cm³/mol. The second kappa shape index (κ2) is 7.37. The van der Waals surface area contributed by atoms with E-state index in [-0.39, 0.29) is 0 Å². The summed E-state index contributed by atoms with van der Waals surface area (Å²) in [6.07, 6.45) is 7.73. The molecule has 5 heteroatoms. The number of carboxylic acid groups (broad SMARTS) is 2. The molecule has 0 aliphatic heterocycles. The number of rotatable bonds is 4. The van der Waals surface area contributed by atoms with E-state index in [0.29, 0.717) is 0 Å². The van der Waals surface area contributed by atoms with Crippen molar-refractivity contribution in [1.29, 1.82) is 0 Å². The lowest BCUT2D eigenvalue weighted by molar-refractivity contribution is -0.686. The summed E-state index contributed by atoms with van der Waals surface area (Å²) >= 11 is 0. The van der Waals surface area contributed by atoms with Crippen LogP contribution >= 0.6 is 0 Å². The molecule has 1 aromatic rings. The van der Waals surface area contributed by atoms with E-state index in [1.165, 1.54) is 0 Å². The number of hydrogen-bond acceptors (Lipinski definition) is 2. The van der Waals surface area contributed by atoms with Crippen molar-refractivity contribution in [2.75, 3.05) is 0 Å². The van der Waals surface area contributed by atoms with Crippen LogP contribution in [0.5, 0.6) is 0 Å². The largest absolute Gasteiger partial charge is 0.565 e. The van der Waals surface area contributed by atoms with Gasteiger partial charge in [-0.1, -0.05) is 25.3 Å². The highest BCUT2D eigenvalue weighted by molar-refractivity contribution is 5.50. The predicted octanol–water partition coefficient (Wildman–Crippen LogP) is 0.0353. The van der Waals surface area contributed by atoms with Crippen LogP contribution in [0.15, 0.2) is 44.0 Å². The van der Waals surface area contributed by atoms with Crippen LogP contribution < -0.4 is 9.67 Å². The average molecular weight is 210 g/mol. The van der Waals surface area contributed by atoms with Crippen molar-refractivity contribution in [2.24, 2.45) is 0 Å². The zero-order chi connectivity index (χ0) is 11.7. The van der Waals surface area contributed by atoms with Gasteiger partial charge in [0.2, 0.25) is 12.5 Å². The van der Waals surface area contributed by atoms with Crippen molar-refractivity contribution < 1.29 is 19.6 Å². The minimum Gasteiger partial charge on any atom is -0.565 e. The first-order chi connectivity index (χ1) is 7.10. The first kappa shape index (κ1) is 13.0. The first-order valence-electron chi connectivity index (χ1n) is 4.26. The molecule has 0 fully saturated rings. The molecule has 0 aromatic carbocycles. The highest BCUT2D eigenvalue weighted by atomic mass is 16.6. The Balaban J connectivity index is 0.000000423. The smallest absolute Gasteiger partial charge is 0.249 e. The molecule has 1 rings (SSSR count). The molecule has 0 amide bonds. The molecule has 0 aliphatic rings. The van der Waals surface area contributed by atoms with Gasteiger partial charge < -0.3 is 15.0 Å². The van der Waals surface area contributed by atoms with E-state index < -0.39 is 6.16 Å². The summed E-state index contributed by atoms with van der Waals surface area (Å²) in [5, 5.41) is 15.3. The van der Waals surface area contributed by atoms with Gasteiger partial charge in [-0.3, -0.25) is 0 Å². The summed E-state index contributed by atoms with van der Waals surface area (Å²) in [6.45, 7) is 9.05. The molecule has 5 nitrogen and oxygen atoms in total. The fourth-order valence-electron chi connectivity index (χ4n) is 0.953. The van der Waals surface area contributed by atoms with Crippen LogP contribution in [0.3, 0.4) is 0 Å². The standard InChI is InChI=1S/C9H13N2.CH2O3/c1-3-5-10-7-8-11(9-10)6-4-2;2-1(3)4/h3-4,7-9H,1-2,5-6H2;(H2,2,3,4)/q+1;/p-1. The number of aromatic nitrogens is 2. The van der Waals surface area contributed by atoms with Gasteiger partial charge in [0.25, 0.3) is 0 Å². The Morgan fingerprint density at radius 3 is 2.60 bits per heavy atom. The zero-order valence-electron chi connectivity index (χ0n) is 8.37. The number of carbonyl (C=O) groups is 1. The normalized spacial score (nSPS) is 8.53. The molecule has 0 saturated carbocycles. The second-order valence-electron chi connectivity index (χ2n) is 2.65. The Bertz CT molecular complexity index is 303. The number of nitrogens with zero attached hydrogens (tertiary/aromatic N) is 2. The Labute approximate surface area is 88.2 Å². The Morgan fingerprint density at radius 1 is 1.53 bits per heavy atom. The Kier molecular flexibility index (Phi) is 6.37. The molecule has 1 heterocycles. The third-order valence-corrected chi connectivity index (χ3v) is 1.43. The van der Waals surface area contributed by atoms with Crippen LogP contribution in [0.25, 0.3) is 0 Å². The zero-order valence-corrected chi connectivity index (χ0v) is 8.37. The topological polar surface area (TPSA) is 69.2 Å². The van der Waals surface area contributed by atoms with Gasteiger partial charge >= 0.3 is 0 Å². The van der Waals surface area contributed by atoms with Gasteiger partial charge in [-0.15, -0.1) is 0 Å². The molecule has 0 spiro atoms. The third kappa shape index (κ3) is 7.06. The number of hydrogen-bond donors (Lipinski definition) is 1. The van der Waals surface area contributed by atoms with Crippen LogP contribution in [0.2, 0.25) is 0 Å². The van der Waals surface area contributed by atoms with E-state index in [1.807, 2.05) is 30.9 Å². The second-order valence-corrected chi connectivity index (χ2v) is 2.65. The highest BCUT2D eigenvalue weighted by Gasteiger charge is 1.97. The van der Waals surface area contributed by atoms with Gasteiger partial charge in [0.05, 0.1) is 0 Å². The number of imidazole rings is 1. The molecule has 0 aliphatic carbocycles. The lowest BCUT2D eigenvalue weighted by atomic mass is 10.6. The van der Waals surface area contributed by atoms with E-state index in [2.05, 4.69) is 22.3 Å². The SMILES string of the molecule is C=CCn1cc[n+](CC=C)c1.O=C([O-])O. The molecular weight excluding hydrogens is 196 g/mol. The van der Waals surface area contributed by atoms with E-state index in [4.69, 9.17) is 15.0 Å². The summed E-state index contributed by atoms with van der Waals surface area (Å²) in [7, 11) is 0. The van der Waals surface area contributed by atoms with Crippen LogP contribution in [0.4, 0.5) is 4.79 Å². The maximum absolute atomic E-state index is 8.44. The van der Waals surface area contributed by atoms with E-state index in [0.717, 1.165) is 13.1 Å². The van der Waals surface area contributed by atoms with Crippen molar-refractivity contribution in [2.45, 2.75) is 13.1 Å². The van der Waals surface area contributed by atoms with Gasteiger partial charge in [0.1, 0.15) is 25.5 Å². The molecule has 0 saturated heterocycles. The maximum atomic E-state index is 8.44. The molecule has 15 heavy (non-hydrogen) atoms. The molecule has 0 atom stereocenters. The van der Waals surface area contributed by atoms with Crippen molar-refractivity contribution in [3.8, 4) is 0 Å². The Hall–Kier alpha value is -2.04. The van der Waals surface area contributed by atoms with Crippen LogP contribution in [0, 0.1) is 0 Å². The first-order valence-corrected chi connectivity index (χ1v) is 4.26. The summed E-state index contributed by atoms with van der Waals surface area (Å²) in [5.74, 6) is 0. The minimum absolute atomic E-state index is 0.865. The molecule has 1 N–H and O–H groups in total. The fraction of sp³-hybridized carbons (Fsp3) is 0.200. The summed E-state index contributed by atoms with van der Waals surface area (Å²) in [6, 6.07) is 0. The van der Waals surface area contributed by atoms with E-state index >= 15 is 0 Å². The summed E-state index contributed by atoms with van der Waals surface area (Å²) in [5.41, 5.74) is 0. The molecule has 0 bridgehead atoms. The molecular formula is C10H14N2O3. The van der Waals surface area contributed by atoms with Gasteiger partial charge in [-0.25, -0.2) is 9.13 Å².